The van der Waals surface area contributed by atoms with E-state index in [1.54, 1.807) is 7.11 Å². The zero-order valence-corrected chi connectivity index (χ0v) is 11.4. The van der Waals surface area contributed by atoms with E-state index in [1.165, 1.54) is 11.3 Å². The molecule has 0 saturated carbocycles. The molecule has 0 aromatic heterocycles. The zero-order chi connectivity index (χ0) is 12.7. The SMILES string of the molecule is CCCN=C(CC(C)C)c1ccc(OC)cc1. The van der Waals surface area contributed by atoms with E-state index in [2.05, 4.69) is 37.9 Å². The Labute approximate surface area is 105 Å². The summed E-state index contributed by atoms with van der Waals surface area (Å²) in [6.07, 6.45) is 2.13. The highest BCUT2D eigenvalue weighted by molar-refractivity contribution is 6.00. The van der Waals surface area contributed by atoms with Gasteiger partial charge in [-0.25, -0.2) is 0 Å². The number of benzene rings is 1. The van der Waals surface area contributed by atoms with Crippen molar-refractivity contribution in [1.82, 2.24) is 0 Å². The van der Waals surface area contributed by atoms with Crippen LogP contribution in [0.25, 0.3) is 0 Å². The maximum Gasteiger partial charge on any atom is 0.118 e. The minimum atomic E-state index is 0.632. The first-order valence-electron chi connectivity index (χ1n) is 6.35. The fourth-order valence-corrected chi connectivity index (χ4v) is 1.69. The molecule has 0 unspecified atom stereocenters. The van der Waals surface area contributed by atoms with Crippen LogP contribution in [0, 0.1) is 5.92 Å². The van der Waals surface area contributed by atoms with Gasteiger partial charge in [0.05, 0.1) is 7.11 Å². The van der Waals surface area contributed by atoms with Crippen LogP contribution >= 0.6 is 0 Å². The quantitative estimate of drug-likeness (QED) is 0.682. The van der Waals surface area contributed by atoms with Crippen LogP contribution in [0.5, 0.6) is 5.75 Å². The number of rotatable bonds is 6. The van der Waals surface area contributed by atoms with E-state index in [0.717, 1.165) is 25.1 Å². The van der Waals surface area contributed by atoms with Gasteiger partial charge in [-0.15, -0.1) is 0 Å². The predicted octanol–water partition coefficient (Wildman–Crippen LogP) is 3.94. The van der Waals surface area contributed by atoms with Crippen molar-refractivity contribution in [2.45, 2.75) is 33.6 Å². The Morgan fingerprint density at radius 3 is 2.35 bits per heavy atom. The normalized spacial score (nSPS) is 11.9. The Morgan fingerprint density at radius 2 is 1.88 bits per heavy atom. The summed E-state index contributed by atoms with van der Waals surface area (Å²) in [6, 6.07) is 8.18. The molecule has 1 aromatic carbocycles. The molecule has 0 amide bonds. The fourth-order valence-electron chi connectivity index (χ4n) is 1.69. The highest BCUT2D eigenvalue weighted by Crippen LogP contribution is 2.15. The topological polar surface area (TPSA) is 21.6 Å². The summed E-state index contributed by atoms with van der Waals surface area (Å²) in [4.78, 5) is 4.68. The van der Waals surface area contributed by atoms with Crippen molar-refractivity contribution in [2.75, 3.05) is 13.7 Å². The van der Waals surface area contributed by atoms with Crippen molar-refractivity contribution >= 4 is 5.71 Å². The number of nitrogens with zero attached hydrogens (tertiary/aromatic N) is 1. The summed E-state index contributed by atoms with van der Waals surface area (Å²) in [7, 11) is 1.69. The number of ether oxygens (including phenoxy) is 1. The van der Waals surface area contributed by atoms with Gasteiger partial charge in [-0.1, -0.05) is 20.8 Å². The largest absolute Gasteiger partial charge is 0.497 e. The summed E-state index contributed by atoms with van der Waals surface area (Å²) in [5.41, 5.74) is 2.43. The highest BCUT2D eigenvalue weighted by Gasteiger charge is 2.06. The summed E-state index contributed by atoms with van der Waals surface area (Å²) in [6.45, 7) is 7.52. The molecule has 0 aliphatic heterocycles. The molecule has 2 nitrogen and oxygen atoms in total. The van der Waals surface area contributed by atoms with E-state index >= 15 is 0 Å². The van der Waals surface area contributed by atoms with E-state index in [-0.39, 0.29) is 0 Å². The first-order chi connectivity index (χ1) is 8.17. The number of methoxy groups -OCH3 is 1. The minimum Gasteiger partial charge on any atom is -0.497 e. The van der Waals surface area contributed by atoms with Crippen molar-refractivity contribution in [2.24, 2.45) is 10.9 Å². The molecule has 0 spiro atoms. The van der Waals surface area contributed by atoms with E-state index < -0.39 is 0 Å². The average molecular weight is 233 g/mol. The smallest absolute Gasteiger partial charge is 0.118 e. The molecule has 2 heteroatoms. The minimum absolute atomic E-state index is 0.632. The van der Waals surface area contributed by atoms with Crippen LogP contribution in [0.4, 0.5) is 0 Å². The standard InChI is InChI=1S/C15H23NO/c1-5-10-16-15(11-12(2)3)13-6-8-14(17-4)9-7-13/h6-9,12H,5,10-11H2,1-4H3. The Hall–Kier alpha value is -1.31. The van der Waals surface area contributed by atoms with E-state index in [9.17, 15) is 0 Å². The summed E-state index contributed by atoms with van der Waals surface area (Å²) in [5, 5.41) is 0. The van der Waals surface area contributed by atoms with Gasteiger partial charge in [-0.05, 0) is 48.6 Å². The van der Waals surface area contributed by atoms with Crippen molar-refractivity contribution in [3.05, 3.63) is 29.8 Å². The number of hydrogen-bond donors (Lipinski definition) is 0. The molecule has 0 fully saturated rings. The average Bonchev–Trinajstić information content (AvgIpc) is 2.34. The second-order valence-electron chi connectivity index (χ2n) is 4.65. The number of aliphatic imine (C=N–C) groups is 1. The molecule has 0 aliphatic carbocycles. The molecule has 94 valence electrons. The maximum atomic E-state index is 5.17. The van der Waals surface area contributed by atoms with Crippen LogP contribution in [0.15, 0.2) is 29.3 Å². The first kappa shape index (κ1) is 13.8. The van der Waals surface area contributed by atoms with Crippen molar-refractivity contribution < 1.29 is 4.74 Å². The Morgan fingerprint density at radius 1 is 1.24 bits per heavy atom. The van der Waals surface area contributed by atoms with Gasteiger partial charge in [0, 0.05) is 12.3 Å². The van der Waals surface area contributed by atoms with Gasteiger partial charge in [-0.3, -0.25) is 4.99 Å². The van der Waals surface area contributed by atoms with Gasteiger partial charge >= 0.3 is 0 Å². The maximum absolute atomic E-state index is 5.17. The third-order valence-corrected chi connectivity index (χ3v) is 2.55. The Kier molecular flexibility index (Phi) is 5.75. The molecular formula is C15H23NO. The number of hydrogen-bond acceptors (Lipinski definition) is 2. The third-order valence-electron chi connectivity index (χ3n) is 2.55. The van der Waals surface area contributed by atoms with Gasteiger partial charge in [0.25, 0.3) is 0 Å². The van der Waals surface area contributed by atoms with Crippen LogP contribution < -0.4 is 4.74 Å². The lowest BCUT2D eigenvalue weighted by molar-refractivity contribution is 0.415. The van der Waals surface area contributed by atoms with Gasteiger partial charge < -0.3 is 4.74 Å². The summed E-state index contributed by atoms with van der Waals surface area (Å²) in [5.74, 6) is 1.53. The lowest BCUT2D eigenvalue weighted by Crippen LogP contribution is -2.06. The third kappa shape index (κ3) is 4.59. The molecule has 0 saturated heterocycles. The molecule has 1 rings (SSSR count). The van der Waals surface area contributed by atoms with Crippen LogP contribution in [-0.4, -0.2) is 19.4 Å². The van der Waals surface area contributed by atoms with Gasteiger partial charge in [0.2, 0.25) is 0 Å². The molecule has 17 heavy (non-hydrogen) atoms. The van der Waals surface area contributed by atoms with Crippen LogP contribution in [0.1, 0.15) is 39.2 Å². The highest BCUT2D eigenvalue weighted by atomic mass is 16.5. The second-order valence-corrected chi connectivity index (χ2v) is 4.65. The molecule has 0 heterocycles. The zero-order valence-electron chi connectivity index (χ0n) is 11.4. The van der Waals surface area contributed by atoms with Crippen molar-refractivity contribution in [3.8, 4) is 5.75 Å². The Balaban J connectivity index is 2.87. The molecular weight excluding hydrogens is 210 g/mol. The van der Waals surface area contributed by atoms with Crippen LogP contribution in [-0.2, 0) is 0 Å². The molecule has 0 bridgehead atoms. The van der Waals surface area contributed by atoms with Crippen LogP contribution in [0.3, 0.4) is 0 Å². The van der Waals surface area contributed by atoms with Gasteiger partial charge in [0.15, 0.2) is 0 Å². The fraction of sp³-hybridized carbons (Fsp3) is 0.533. The van der Waals surface area contributed by atoms with Crippen molar-refractivity contribution in [1.29, 1.82) is 0 Å². The molecule has 1 aromatic rings. The molecule has 0 radical (unpaired) electrons. The first-order valence-corrected chi connectivity index (χ1v) is 6.35. The molecule has 0 aliphatic rings. The van der Waals surface area contributed by atoms with Crippen LogP contribution in [0.2, 0.25) is 0 Å². The monoisotopic (exact) mass is 233 g/mol. The van der Waals surface area contributed by atoms with E-state index in [1.807, 2.05) is 12.1 Å². The lowest BCUT2D eigenvalue weighted by Gasteiger charge is -2.10. The lowest BCUT2D eigenvalue weighted by atomic mass is 10.00. The summed E-state index contributed by atoms with van der Waals surface area (Å²) < 4.78 is 5.17. The molecule has 0 atom stereocenters. The van der Waals surface area contributed by atoms with E-state index in [0.29, 0.717) is 5.92 Å². The van der Waals surface area contributed by atoms with Crippen molar-refractivity contribution in [3.63, 3.8) is 0 Å². The van der Waals surface area contributed by atoms with Gasteiger partial charge in [-0.2, -0.15) is 0 Å². The second kappa shape index (κ2) is 7.10. The molecule has 0 N–H and O–H groups in total. The summed E-state index contributed by atoms with van der Waals surface area (Å²) >= 11 is 0. The predicted molar refractivity (Wildman–Crippen MR) is 74.1 cm³/mol. The van der Waals surface area contributed by atoms with E-state index in [4.69, 9.17) is 4.74 Å². The Bertz CT molecular complexity index is 352. The van der Waals surface area contributed by atoms with Gasteiger partial charge in [0.1, 0.15) is 5.75 Å².